The Morgan fingerprint density at radius 2 is 2.12 bits per heavy atom. The van der Waals surface area contributed by atoms with Gasteiger partial charge in [0.1, 0.15) is 0 Å². The third-order valence-corrected chi connectivity index (χ3v) is 3.02. The zero-order chi connectivity index (χ0) is 11.5. The molecule has 0 aliphatic heterocycles. The number of benzene rings is 1. The number of rotatable bonds is 4. The zero-order valence-corrected chi connectivity index (χ0v) is 9.86. The maximum atomic E-state index is 12.3. The highest BCUT2D eigenvalue weighted by Crippen LogP contribution is 2.29. The lowest BCUT2D eigenvalue weighted by Crippen LogP contribution is -2.33. The number of hydrogen-bond donors (Lipinski definition) is 1. The van der Waals surface area contributed by atoms with Gasteiger partial charge in [0.15, 0.2) is 0 Å². The fourth-order valence-electron chi connectivity index (χ4n) is 2.00. The maximum Gasteiger partial charge on any atom is 0.256 e. The maximum absolute atomic E-state index is 12.3. The fraction of sp³-hybridized carbons (Fsp3) is 0.462. The van der Waals surface area contributed by atoms with E-state index in [2.05, 4.69) is 5.32 Å². The van der Waals surface area contributed by atoms with Crippen LogP contribution in [-0.2, 0) is 0 Å². The Kier molecular flexibility index (Phi) is 3.13. The van der Waals surface area contributed by atoms with Crippen LogP contribution in [0, 0.1) is 0 Å². The molecule has 0 aromatic heterocycles. The number of carbonyl (C=O) groups is 1. The molecular weight excluding hydrogens is 200 g/mol. The van der Waals surface area contributed by atoms with Crippen LogP contribution in [0.1, 0.15) is 30.1 Å². The van der Waals surface area contributed by atoms with Crippen LogP contribution in [0.2, 0.25) is 0 Å². The van der Waals surface area contributed by atoms with Crippen molar-refractivity contribution < 1.29 is 4.79 Å². The summed E-state index contributed by atoms with van der Waals surface area (Å²) in [5.74, 6) is 0.148. The standard InChI is InChI=1S/C13H18N2O/c1-3-15(10-8-9-10)13(16)11-6-4-5-7-12(11)14-2/h4-7,10,14H,3,8-9H2,1-2H3. The summed E-state index contributed by atoms with van der Waals surface area (Å²) in [7, 11) is 1.85. The highest BCUT2D eigenvalue weighted by Gasteiger charge is 2.32. The Hall–Kier alpha value is -1.51. The molecule has 0 bridgehead atoms. The van der Waals surface area contributed by atoms with Crippen LogP contribution in [0.3, 0.4) is 0 Å². The zero-order valence-electron chi connectivity index (χ0n) is 9.86. The average molecular weight is 218 g/mol. The highest BCUT2D eigenvalue weighted by molar-refractivity contribution is 5.99. The monoisotopic (exact) mass is 218 g/mol. The van der Waals surface area contributed by atoms with E-state index >= 15 is 0 Å². The molecule has 0 spiro atoms. The van der Waals surface area contributed by atoms with Crippen molar-refractivity contribution in [1.29, 1.82) is 0 Å². The molecular formula is C13H18N2O. The van der Waals surface area contributed by atoms with E-state index in [4.69, 9.17) is 0 Å². The summed E-state index contributed by atoms with van der Waals surface area (Å²) in [5, 5.41) is 3.07. The van der Waals surface area contributed by atoms with Gasteiger partial charge in [-0.2, -0.15) is 0 Å². The van der Waals surface area contributed by atoms with Gasteiger partial charge in [0, 0.05) is 25.3 Å². The molecule has 1 aromatic carbocycles. The summed E-state index contributed by atoms with van der Waals surface area (Å²) in [6.07, 6.45) is 2.31. The molecule has 0 radical (unpaired) electrons. The van der Waals surface area contributed by atoms with Gasteiger partial charge in [-0.05, 0) is 31.9 Å². The molecule has 1 aromatic rings. The normalized spacial score (nSPS) is 14.6. The van der Waals surface area contributed by atoms with Gasteiger partial charge >= 0.3 is 0 Å². The molecule has 2 rings (SSSR count). The fourth-order valence-corrected chi connectivity index (χ4v) is 2.00. The van der Waals surface area contributed by atoms with Crippen LogP contribution in [0.5, 0.6) is 0 Å². The number of carbonyl (C=O) groups excluding carboxylic acids is 1. The molecule has 16 heavy (non-hydrogen) atoms. The first-order chi connectivity index (χ1) is 7.77. The predicted octanol–water partition coefficient (Wildman–Crippen LogP) is 2.35. The van der Waals surface area contributed by atoms with Crippen molar-refractivity contribution in [3.05, 3.63) is 29.8 Å². The molecule has 1 aliphatic carbocycles. The van der Waals surface area contributed by atoms with Crippen LogP contribution in [0.25, 0.3) is 0 Å². The van der Waals surface area contributed by atoms with Gasteiger partial charge in [-0.3, -0.25) is 4.79 Å². The Bertz CT molecular complexity index is 385. The summed E-state index contributed by atoms with van der Waals surface area (Å²) in [5.41, 5.74) is 1.69. The van der Waals surface area contributed by atoms with E-state index < -0.39 is 0 Å². The Morgan fingerprint density at radius 3 is 2.69 bits per heavy atom. The summed E-state index contributed by atoms with van der Waals surface area (Å²) >= 11 is 0. The van der Waals surface area contributed by atoms with Gasteiger partial charge in [0.2, 0.25) is 0 Å². The number of hydrogen-bond acceptors (Lipinski definition) is 2. The largest absolute Gasteiger partial charge is 0.387 e. The van der Waals surface area contributed by atoms with Gasteiger partial charge in [-0.15, -0.1) is 0 Å². The van der Waals surface area contributed by atoms with Gasteiger partial charge in [0.25, 0.3) is 5.91 Å². The Morgan fingerprint density at radius 1 is 1.44 bits per heavy atom. The van der Waals surface area contributed by atoms with E-state index in [-0.39, 0.29) is 5.91 Å². The molecule has 1 saturated carbocycles. The van der Waals surface area contributed by atoms with E-state index in [1.165, 1.54) is 0 Å². The van der Waals surface area contributed by atoms with Crippen molar-refractivity contribution in [3.63, 3.8) is 0 Å². The topological polar surface area (TPSA) is 32.3 Å². The molecule has 0 saturated heterocycles. The summed E-state index contributed by atoms with van der Waals surface area (Å²) in [6, 6.07) is 8.15. The van der Waals surface area contributed by atoms with E-state index in [9.17, 15) is 4.79 Å². The molecule has 3 nitrogen and oxygen atoms in total. The smallest absolute Gasteiger partial charge is 0.256 e. The minimum Gasteiger partial charge on any atom is -0.387 e. The van der Waals surface area contributed by atoms with Crippen molar-refractivity contribution in [3.8, 4) is 0 Å². The average Bonchev–Trinajstić information content (AvgIpc) is 3.14. The first-order valence-corrected chi connectivity index (χ1v) is 5.85. The summed E-state index contributed by atoms with van der Waals surface area (Å²) in [4.78, 5) is 14.3. The number of anilines is 1. The number of amides is 1. The van der Waals surface area contributed by atoms with E-state index in [1.54, 1.807) is 0 Å². The van der Waals surface area contributed by atoms with Gasteiger partial charge in [-0.25, -0.2) is 0 Å². The van der Waals surface area contributed by atoms with Crippen LogP contribution in [0.4, 0.5) is 5.69 Å². The minimum atomic E-state index is 0.148. The minimum absolute atomic E-state index is 0.148. The van der Waals surface area contributed by atoms with Gasteiger partial charge < -0.3 is 10.2 Å². The molecule has 1 fully saturated rings. The predicted molar refractivity (Wildman–Crippen MR) is 65.7 cm³/mol. The number of nitrogens with zero attached hydrogens (tertiary/aromatic N) is 1. The lowest BCUT2D eigenvalue weighted by Gasteiger charge is -2.21. The van der Waals surface area contributed by atoms with Crippen molar-refractivity contribution in [2.75, 3.05) is 18.9 Å². The van der Waals surface area contributed by atoms with Gasteiger partial charge in [0.05, 0.1) is 5.56 Å². The Balaban J connectivity index is 2.24. The second-order valence-electron chi connectivity index (χ2n) is 4.12. The van der Waals surface area contributed by atoms with Crippen LogP contribution in [-0.4, -0.2) is 30.4 Å². The van der Waals surface area contributed by atoms with E-state index in [0.717, 1.165) is 30.6 Å². The second kappa shape index (κ2) is 4.56. The summed E-state index contributed by atoms with van der Waals surface area (Å²) < 4.78 is 0. The van der Waals surface area contributed by atoms with Gasteiger partial charge in [-0.1, -0.05) is 12.1 Å². The first kappa shape index (κ1) is 11.0. The SMILES string of the molecule is CCN(C(=O)c1ccccc1NC)C1CC1. The lowest BCUT2D eigenvalue weighted by atomic mass is 10.1. The lowest BCUT2D eigenvalue weighted by molar-refractivity contribution is 0.0753. The molecule has 3 heteroatoms. The molecule has 0 atom stereocenters. The van der Waals surface area contributed by atoms with Crippen molar-refractivity contribution in [2.45, 2.75) is 25.8 Å². The van der Waals surface area contributed by atoms with Crippen LogP contribution < -0.4 is 5.32 Å². The Labute approximate surface area is 96.5 Å². The molecule has 1 N–H and O–H groups in total. The van der Waals surface area contributed by atoms with Crippen LogP contribution in [0.15, 0.2) is 24.3 Å². The number of nitrogens with one attached hydrogen (secondary N) is 1. The second-order valence-corrected chi connectivity index (χ2v) is 4.12. The molecule has 1 amide bonds. The van der Waals surface area contributed by atoms with E-state index in [0.29, 0.717) is 6.04 Å². The third kappa shape index (κ3) is 2.03. The van der Waals surface area contributed by atoms with Crippen LogP contribution >= 0.6 is 0 Å². The van der Waals surface area contributed by atoms with Crippen molar-refractivity contribution in [2.24, 2.45) is 0 Å². The summed E-state index contributed by atoms with van der Waals surface area (Å²) in [6.45, 7) is 2.83. The van der Waals surface area contributed by atoms with Crippen molar-refractivity contribution in [1.82, 2.24) is 4.90 Å². The number of para-hydroxylation sites is 1. The van der Waals surface area contributed by atoms with Crippen molar-refractivity contribution >= 4 is 11.6 Å². The molecule has 0 unspecified atom stereocenters. The van der Waals surface area contributed by atoms with E-state index in [1.807, 2.05) is 43.1 Å². The third-order valence-electron chi connectivity index (χ3n) is 3.02. The highest BCUT2D eigenvalue weighted by atomic mass is 16.2. The first-order valence-electron chi connectivity index (χ1n) is 5.85. The quantitative estimate of drug-likeness (QED) is 0.841. The molecule has 0 heterocycles. The molecule has 1 aliphatic rings. The molecule has 86 valence electrons.